The van der Waals surface area contributed by atoms with Gasteiger partial charge in [0.15, 0.2) is 0 Å². The number of nitrogens with two attached hydrogens (primary N) is 1. The van der Waals surface area contributed by atoms with E-state index < -0.39 is 28.7 Å². The summed E-state index contributed by atoms with van der Waals surface area (Å²) in [6, 6.07) is 15.1. The first-order valence-electron chi connectivity index (χ1n) is 8.70. The summed E-state index contributed by atoms with van der Waals surface area (Å²) in [5.74, 6) is 0.462. The lowest BCUT2D eigenvalue weighted by atomic mass is 10.1. The Morgan fingerprint density at radius 1 is 0.969 bits per heavy atom. The van der Waals surface area contributed by atoms with Crippen molar-refractivity contribution in [2.24, 2.45) is 5.73 Å². The molecule has 0 aliphatic rings. The fourth-order valence-corrected chi connectivity index (χ4v) is 2.79. The van der Waals surface area contributed by atoms with Gasteiger partial charge >= 0.3 is 6.18 Å². The van der Waals surface area contributed by atoms with Crippen molar-refractivity contribution >= 4 is 41.6 Å². The third-order valence-corrected chi connectivity index (χ3v) is 4.24. The van der Waals surface area contributed by atoms with E-state index in [-0.39, 0.29) is 18.0 Å². The minimum atomic E-state index is -4.67. The maximum Gasteiger partial charge on any atom is 0.417 e. The molecule has 11 heteroatoms. The summed E-state index contributed by atoms with van der Waals surface area (Å²) in [5.41, 5.74) is 4.20. The lowest BCUT2D eigenvalue weighted by molar-refractivity contribution is -0.137. The molecule has 0 spiro atoms. The van der Waals surface area contributed by atoms with Crippen LogP contribution in [0.5, 0.6) is 17.2 Å². The number of carbonyl (C=O) groups is 1. The molecule has 0 fully saturated rings. The monoisotopic (exact) mass is 485 g/mol. The number of rotatable bonds is 5. The van der Waals surface area contributed by atoms with Crippen molar-refractivity contribution < 1.29 is 27.4 Å². The van der Waals surface area contributed by atoms with Gasteiger partial charge in [0.2, 0.25) is 0 Å². The van der Waals surface area contributed by atoms with Crippen molar-refractivity contribution in [3.05, 3.63) is 82.9 Å². The van der Waals surface area contributed by atoms with Crippen LogP contribution < -0.4 is 20.5 Å². The second-order valence-corrected chi connectivity index (χ2v) is 6.62. The van der Waals surface area contributed by atoms with Crippen LogP contribution in [0.2, 0.25) is 5.02 Å². The van der Waals surface area contributed by atoms with Crippen molar-refractivity contribution in [3.63, 3.8) is 0 Å². The van der Waals surface area contributed by atoms with Crippen LogP contribution in [0.25, 0.3) is 0 Å². The van der Waals surface area contributed by atoms with Crippen LogP contribution >= 0.6 is 24.0 Å². The topological polar surface area (TPSA) is 97.4 Å². The number of carbonyl (C=O) groups excluding carboxylic acids is 1. The minimum absolute atomic E-state index is 0. The summed E-state index contributed by atoms with van der Waals surface area (Å²) >= 11 is 5.59. The van der Waals surface area contributed by atoms with E-state index in [1.54, 1.807) is 42.5 Å². The van der Waals surface area contributed by atoms with Crippen molar-refractivity contribution in [2.45, 2.75) is 6.18 Å². The fraction of sp³-hybridized carbons (Fsp3) is 0.0476. The minimum Gasteiger partial charge on any atom is -0.457 e. The van der Waals surface area contributed by atoms with Crippen LogP contribution in [0.15, 0.2) is 66.7 Å². The molecule has 0 saturated carbocycles. The number of halogens is 5. The molecule has 0 atom stereocenters. The van der Waals surface area contributed by atoms with Gasteiger partial charge in [-0.05, 0) is 54.6 Å². The Bertz CT molecular complexity index is 1120. The zero-order chi connectivity index (χ0) is 22.6. The molecule has 4 N–H and O–H groups in total. The number of hydrogen-bond acceptors (Lipinski definition) is 4. The Hall–Kier alpha value is -3.43. The molecular weight excluding hydrogens is 470 g/mol. The van der Waals surface area contributed by atoms with E-state index in [1.807, 2.05) is 0 Å². The predicted molar refractivity (Wildman–Crippen MR) is 117 cm³/mol. The average molecular weight is 486 g/mol. The van der Waals surface area contributed by atoms with Crippen LogP contribution in [0.3, 0.4) is 0 Å². The summed E-state index contributed by atoms with van der Waals surface area (Å²) in [7, 11) is 0. The quantitative estimate of drug-likeness (QED) is 0.300. The van der Waals surface area contributed by atoms with Gasteiger partial charge < -0.3 is 20.5 Å². The molecule has 3 aromatic carbocycles. The molecule has 0 unspecified atom stereocenters. The number of amides is 1. The predicted octanol–water partition coefficient (Wildman–Crippen LogP) is 6.10. The number of ether oxygens (including phenoxy) is 2. The highest BCUT2D eigenvalue weighted by molar-refractivity contribution is 6.31. The summed E-state index contributed by atoms with van der Waals surface area (Å²) in [6.45, 7) is 0. The molecule has 0 aliphatic heterocycles. The van der Waals surface area contributed by atoms with Crippen molar-refractivity contribution in [2.75, 3.05) is 5.32 Å². The third kappa shape index (κ3) is 6.53. The van der Waals surface area contributed by atoms with Gasteiger partial charge in [-0.3, -0.25) is 10.2 Å². The SMILES string of the molecule is Cl.N=C(N)Oc1ccc(Oc2cccc(NC(=O)c3ccc(Cl)c(C(F)(F)F)c3)c2)cc1. The van der Waals surface area contributed by atoms with Crippen LogP contribution in [-0.2, 0) is 6.18 Å². The summed E-state index contributed by atoms with van der Waals surface area (Å²) in [5, 5.41) is 9.13. The number of hydrogen-bond donors (Lipinski definition) is 3. The van der Waals surface area contributed by atoms with Gasteiger partial charge in [0.25, 0.3) is 11.9 Å². The average Bonchev–Trinajstić information content (AvgIpc) is 2.69. The van der Waals surface area contributed by atoms with Gasteiger partial charge in [-0.25, -0.2) is 0 Å². The van der Waals surface area contributed by atoms with Gasteiger partial charge in [0.1, 0.15) is 17.2 Å². The molecule has 0 heterocycles. The van der Waals surface area contributed by atoms with Gasteiger partial charge in [-0.15, -0.1) is 12.4 Å². The van der Waals surface area contributed by atoms with Crippen LogP contribution in [0.4, 0.5) is 18.9 Å². The Kier molecular flexibility index (Phi) is 7.96. The molecule has 1 amide bonds. The highest BCUT2D eigenvalue weighted by atomic mass is 35.5. The highest BCUT2D eigenvalue weighted by Gasteiger charge is 2.33. The molecule has 3 rings (SSSR count). The maximum atomic E-state index is 13.0. The first-order chi connectivity index (χ1) is 14.6. The molecule has 168 valence electrons. The smallest absolute Gasteiger partial charge is 0.417 e. The van der Waals surface area contributed by atoms with Gasteiger partial charge in [0, 0.05) is 17.3 Å². The molecule has 0 aliphatic carbocycles. The van der Waals surface area contributed by atoms with Gasteiger partial charge in [-0.2, -0.15) is 13.2 Å². The summed E-state index contributed by atoms with van der Waals surface area (Å²) in [4.78, 5) is 12.4. The third-order valence-electron chi connectivity index (χ3n) is 3.91. The lowest BCUT2D eigenvalue weighted by Gasteiger charge is -2.12. The van der Waals surface area contributed by atoms with Crippen molar-refractivity contribution in [1.29, 1.82) is 5.41 Å². The van der Waals surface area contributed by atoms with Gasteiger partial charge in [0.05, 0.1) is 10.6 Å². The highest BCUT2D eigenvalue weighted by Crippen LogP contribution is 2.35. The molecule has 32 heavy (non-hydrogen) atoms. The largest absolute Gasteiger partial charge is 0.457 e. The fourth-order valence-electron chi connectivity index (χ4n) is 2.56. The first-order valence-corrected chi connectivity index (χ1v) is 9.07. The number of anilines is 1. The summed E-state index contributed by atoms with van der Waals surface area (Å²) < 4.78 is 49.7. The molecule has 6 nitrogen and oxygen atoms in total. The number of amidine groups is 1. The van der Waals surface area contributed by atoms with Crippen molar-refractivity contribution in [3.8, 4) is 17.2 Å². The molecule has 0 bridgehead atoms. The summed E-state index contributed by atoms with van der Waals surface area (Å²) in [6.07, 6.45) is -4.67. The van der Waals surface area contributed by atoms with Crippen LogP contribution in [0.1, 0.15) is 15.9 Å². The standard InChI is InChI=1S/C21H15ClF3N3O3.ClH/c22-18-9-4-12(10-17(18)21(23,24)25)19(29)28-13-2-1-3-16(11-13)30-14-5-7-15(8-6-14)31-20(26)27;/h1-11H,(H3,26,27)(H,28,29);1H. The van der Waals surface area contributed by atoms with E-state index in [1.165, 1.54) is 12.1 Å². The second-order valence-electron chi connectivity index (χ2n) is 6.21. The first kappa shape index (κ1) is 24.8. The maximum absolute atomic E-state index is 13.0. The van der Waals surface area contributed by atoms with E-state index in [0.29, 0.717) is 29.0 Å². The molecule has 0 radical (unpaired) electrons. The normalized spacial score (nSPS) is 10.6. The molecule has 0 aromatic heterocycles. The van der Waals surface area contributed by atoms with E-state index in [0.717, 1.165) is 6.07 Å². The van der Waals surface area contributed by atoms with E-state index >= 15 is 0 Å². The zero-order valence-corrected chi connectivity index (χ0v) is 17.6. The Balaban J connectivity index is 0.00000363. The Morgan fingerprint density at radius 2 is 1.62 bits per heavy atom. The second kappa shape index (κ2) is 10.3. The Morgan fingerprint density at radius 3 is 2.25 bits per heavy atom. The molecular formula is C21H16Cl2F3N3O3. The van der Waals surface area contributed by atoms with E-state index in [2.05, 4.69) is 5.32 Å². The number of benzene rings is 3. The molecule has 3 aromatic rings. The number of alkyl halides is 3. The van der Waals surface area contributed by atoms with Crippen LogP contribution in [0, 0.1) is 5.41 Å². The van der Waals surface area contributed by atoms with Gasteiger partial charge in [-0.1, -0.05) is 17.7 Å². The van der Waals surface area contributed by atoms with Crippen LogP contribution in [-0.4, -0.2) is 11.9 Å². The lowest BCUT2D eigenvalue weighted by Crippen LogP contribution is -2.17. The number of nitrogens with one attached hydrogen (secondary N) is 2. The van der Waals surface area contributed by atoms with E-state index in [9.17, 15) is 18.0 Å². The van der Waals surface area contributed by atoms with E-state index in [4.69, 9.17) is 32.2 Å². The zero-order valence-electron chi connectivity index (χ0n) is 16.1. The Labute approximate surface area is 192 Å². The van der Waals surface area contributed by atoms with Crippen molar-refractivity contribution in [1.82, 2.24) is 0 Å². The molecule has 0 saturated heterocycles.